The van der Waals surface area contributed by atoms with Gasteiger partial charge in [-0.05, 0) is 61.1 Å². The smallest absolute Gasteiger partial charge is 0.141 e. The van der Waals surface area contributed by atoms with Gasteiger partial charge in [-0.25, -0.2) is 9.37 Å². The first-order chi connectivity index (χ1) is 12.6. The Morgan fingerprint density at radius 3 is 2.77 bits per heavy atom. The van der Waals surface area contributed by atoms with E-state index in [9.17, 15) is 0 Å². The van der Waals surface area contributed by atoms with Crippen LogP contribution in [0.1, 0.15) is 42.7 Å². The fraction of sp³-hybridized carbons (Fsp3) is 0.350. The molecule has 1 aliphatic rings. The van der Waals surface area contributed by atoms with Crippen LogP contribution in [0.3, 0.4) is 0 Å². The Morgan fingerprint density at radius 2 is 2.15 bits per heavy atom. The first kappa shape index (κ1) is 18.0. The Kier molecular flexibility index (Phi) is 5.61. The third-order valence-electron chi connectivity index (χ3n) is 4.87. The van der Waals surface area contributed by atoms with E-state index in [1.165, 1.54) is 18.8 Å². The molecule has 3 rings (SSSR count). The maximum Gasteiger partial charge on any atom is 0.141 e. The van der Waals surface area contributed by atoms with Gasteiger partial charge in [-0.3, -0.25) is 4.98 Å². The lowest BCUT2D eigenvalue weighted by atomic mass is 9.77. The molecule has 4 N–H and O–H groups in total. The van der Waals surface area contributed by atoms with Crippen LogP contribution in [-0.4, -0.2) is 22.7 Å². The number of anilines is 1. The molecule has 1 heterocycles. The summed E-state index contributed by atoms with van der Waals surface area (Å²) < 4.78 is 15.3. The van der Waals surface area contributed by atoms with Gasteiger partial charge in [0.05, 0.1) is 18.1 Å². The molecule has 0 spiro atoms. The molecule has 136 valence electrons. The summed E-state index contributed by atoms with van der Waals surface area (Å²) in [5.41, 5.74) is 8.74. The fourth-order valence-corrected chi connectivity index (χ4v) is 3.19. The molecule has 0 atom stereocenters. The number of nitrogen functional groups attached to an aromatic ring is 1. The summed E-state index contributed by atoms with van der Waals surface area (Å²) in [5.74, 6) is 0.484. The Hall–Kier alpha value is -2.76. The van der Waals surface area contributed by atoms with E-state index in [1.54, 1.807) is 25.4 Å². The molecule has 1 aromatic carbocycles. The summed E-state index contributed by atoms with van der Waals surface area (Å²) in [4.78, 5) is 8.22. The van der Waals surface area contributed by atoms with Crippen LogP contribution in [-0.2, 0) is 6.42 Å². The van der Waals surface area contributed by atoms with Crippen molar-refractivity contribution >= 4 is 11.5 Å². The molecule has 0 bridgehead atoms. The largest absolute Gasteiger partial charge is 0.394 e. The topological polar surface area (TPSA) is 87.7 Å². The minimum atomic E-state index is -0.251. The predicted octanol–water partition coefficient (Wildman–Crippen LogP) is 3.82. The summed E-state index contributed by atoms with van der Waals surface area (Å²) in [6, 6.07) is 3.81. The van der Waals surface area contributed by atoms with Crippen molar-refractivity contribution in [1.82, 2.24) is 15.3 Å². The van der Waals surface area contributed by atoms with Gasteiger partial charge < -0.3 is 16.5 Å². The van der Waals surface area contributed by atoms with Gasteiger partial charge >= 0.3 is 0 Å². The third kappa shape index (κ3) is 3.90. The number of aromatic nitrogens is 2. The number of nitrogens with zero attached hydrogens (tertiary/aromatic N) is 2. The highest BCUT2D eigenvalue weighted by Gasteiger charge is 2.25. The zero-order valence-electron chi connectivity index (χ0n) is 14.9. The zero-order valence-corrected chi connectivity index (χ0v) is 14.9. The molecule has 6 heteroatoms. The molecular weight excluding hydrogens is 329 g/mol. The minimum Gasteiger partial charge on any atom is -0.394 e. The van der Waals surface area contributed by atoms with Gasteiger partial charge in [0.15, 0.2) is 0 Å². The van der Waals surface area contributed by atoms with E-state index < -0.39 is 0 Å². The molecule has 0 aliphatic heterocycles. The van der Waals surface area contributed by atoms with E-state index in [4.69, 9.17) is 11.1 Å². The molecule has 0 saturated heterocycles. The summed E-state index contributed by atoms with van der Waals surface area (Å²) in [6.45, 7) is 0. The van der Waals surface area contributed by atoms with Crippen LogP contribution in [0.25, 0.3) is 11.3 Å². The number of halogens is 1. The second kappa shape index (κ2) is 8.08. The Bertz CT molecular complexity index is 810. The van der Waals surface area contributed by atoms with E-state index in [0.717, 1.165) is 18.4 Å². The zero-order chi connectivity index (χ0) is 18.5. The van der Waals surface area contributed by atoms with Crippen LogP contribution in [0.15, 0.2) is 36.8 Å². The minimum absolute atomic E-state index is 0.251. The number of hydrogen-bond donors (Lipinski definition) is 3. The summed E-state index contributed by atoms with van der Waals surface area (Å²) >= 11 is 0. The van der Waals surface area contributed by atoms with E-state index in [2.05, 4.69) is 15.3 Å². The SMILES string of the molecule is CN/C=C\C(=N)CCc1c(C2CCC2)ccc(-c2cnc(N)cn2)c1F. The van der Waals surface area contributed by atoms with Crippen LogP contribution in [0.5, 0.6) is 0 Å². The van der Waals surface area contributed by atoms with E-state index in [-0.39, 0.29) is 5.82 Å². The van der Waals surface area contributed by atoms with Crippen LogP contribution in [0, 0.1) is 11.2 Å². The molecule has 0 amide bonds. The maximum atomic E-state index is 15.3. The number of hydrogen-bond acceptors (Lipinski definition) is 5. The number of rotatable bonds is 7. The summed E-state index contributed by atoms with van der Waals surface area (Å²) in [5, 5.41) is 10.9. The van der Waals surface area contributed by atoms with Crippen LogP contribution < -0.4 is 11.1 Å². The molecule has 0 radical (unpaired) electrons. The molecule has 0 unspecified atom stereocenters. The second-order valence-corrected chi connectivity index (χ2v) is 6.60. The lowest BCUT2D eigenvalue weighted by Crippen LogP contribution is -2.14. The van der Waals surface area contributed by atoms with Gasteiger partial charge in [0.2, 0.25) is 0 Å². The fourth-order valence-electron chi connectivity index (χ4n) is 3.19. The average molecular weight is 353 g/mol. The number of nitrogens with two attached hydrogens (primary N) is 1. The molecule has 1 saturated carbocycles. The molecule has 1 aromatic heterocycles. The average Bonchev–Trinajstić information content (AvgIpc) is 2.59. The molecule has 5 nitrogen and oxygen atoms in total. The highest BCUT2D eigenvalue weighted by Crippen LogP contribution is 2.40. The van der Waals surface area contributed by atoms with E-state index >= 15 is 4.39 Å². The second-order valence-electron chi connectivity index (χ2n) is 6.60. The van der Waals surface area contributed by atoms with Crippen LogP contribution in [0.4, 0.5) is 10.2 Å². The van der Waals surface area contributed by atoms with Gasteiger partial charge in [0.1, 0.15) is 11.6 Å². The summed E-state index contributed by atoms with van der Waals surface area (Å²) in [6.07, 6.45) is 10.7. The van der Waals surface area contributed by atoms with E-state index in [0.29, 0.717) is 47.1 Å². The van der Waals surface area contributed by atoms with Crippen molar-refractivity contribution in [3.63, 3.8) is 0 Å². The van der Waals surface area contributed by atoms with Crippen molar-refractivity contribution in [2.75, 3.05) is 12.8 Å². The van der Waals surface area contributed by atoms with Gasteiger partial charge in [-0.15, -0.1) is 0 Å². The third-order valence-corrected chi connectivity index (χ3v) is 4.87. The van der Waals surface area contributed by atoms with Crippen molar-refractivity contribution < 1.29 is 4.39 Å². The van der Waals surface area contributed by atoms with E-state index in [1.807, 2.05) is 6.07 Å². The van der Waals surface area contributed by atoms with Crippen molar-refractivity contribution in [1.29, 1.82) is 5.41 Å². The van der Waals surface area contributed by atoms with Crippen LogP contribution >= 0.6 is 0 Å². The maximum absolute atomic E-state index is 15.3. The molecule has 26 heavy (non-hydrogen) atoms. The predicted molar refractivity (Wildman–Crippen MR) is 103 cm³/mol. The van der Waals surface area contributed by atoms with Gasteiger partial charge in [-0.1, -0.05) is 12.5 Å². The Balaban J connectivity index is 1.92. The lowest BCUT2D eigenvalue weighted by molar-refractivity contribution is 0.414. The Morgan fingerprint density at radius 1 is 1.35 bits per heavy atom. The van der Waals surface area contributed by atoms with Gasteiger partial charge in [0, 0.05) is 18.3 Å². The van der Waals surface area contributed by atoms with Crippen molar-refractivity contribution in [2.45, 2.75) is 38.0 Å². The lowest BCUT2D eigenvalue weighted by Gasteiger charge is -2.28. The first-order valence-corrected chi connectivity index (χ1v) is 8.90. The number of allylic oxidation sites excluding steroid dienone is 1. The quantitative estimate of drug-likeness (QED) is 0.660. The number of benzene rings is 1. The standard InChI is InChI=1S/C20H24FN5/c1-24-10-9-14(22)5-6-16-15(13-3-2-4-13)7-8-17(20(16)21)18-11-26-19(23)12-25-18/h7-13,22,24H,2-6H2,1H3,(H2,23,26)/b10-9-,22-14?. The van der Waals surface area contributed by atoms with Crippen molar-refractivity contribution in [3.8, 4) is 11.3 Å². The van der Waals surface area contributed by atoms with Gasteiger partial charge in [-0.2, -0.15) is 0 Å². The van der Waals surface area contributed by atoms with Crippen molar-refractivity contribution in [2.24, 2.45) is 0 Å². The highest BCUT2D eigenvalue weighted by atomic mass is 19.1. The molecular formula is C20H24FN5. The van der Waals surface area contributed by atoms with Crippen molar-refractivity contribution in [3.05, 3.63) is 53.7 Å². The van der Waals surface area contributed by atoms with Gasteiger partial charge in [0.25, 0.3) is 0 Å². The molecule has 1 fully saturated rings. The normalized spacial score (nSPS) is 14.4. The highest BCUT2D eigenvalue weighted by molar-refractivity contribution is 5.92. The first-order valence-electron chi connectivity index (χ1n) is 8.90. The summed E-state index contributed by atoms with van der Waals surface area (Å²) in [7, 11) is 1.79. The number of nitrogens with one attached hydrogen (secondary N) is 2. The van der Waals surface area contributed by atoms with Crippen LogP contribution in [0.2, 0.25) is 0 Å². The molecule has 2 aromatic rings. The Labute approximate surface area is 153 Å². The monoisotopic (exact) mass is 353 g/mol. The molecule has 1 aliphatic carbocycles.